The summed E-state index contributed by atoms with van der Waals surface area (Å²) in [7, 11) is 0. The third-order valence-electron chi connectivity index (χ3n) is 3.85. The standard InChI is InChI=1S/C17H23NO3S/c1-17(2,3)22-11-15(19)18-9-13(14(10-18)16(20)21)12-7-5-4-6-8-12/h4-8,13-14H,9-11H2,1-3H3,(H,20,21). The average molecular weight is 321 g/mol. The van der Waals surface area contributed by atoms with Crippen LogP contribution in [0.3, 0.4) is 0 Å². The highest BCUT2D eigenvalue weighted by molar-refractivity contribution is 8.01. The van der Waals surface area contributed by atoms with Crippen molar-refractivity contribution in [3.05, 3.63) is 35.9 Å². The molecule has 2 atom stereocenters. The van der Waals surface area contributed by atoms with Crippen LogP contribution in [0.5, 0.6) is 0 Å². The number of likely N-dealkylation sites (tertiary alicyclic amines) is 1. The highest BCUT2D eigenvalue weighted by Gasteiger charge is 2.40. The molecule has 1 saturated heterocycles. The number of carbonyl (C=O) groups is 2. The summed E-state index contributed by atoms with van der Waals surface area (Å²) in [4.78, 5) is 25.6. The molecule has 0 aromatic heterocycles. The quantitative estimate of drug-likeness (QED) is 0.926. The molecule has 1 aliphatic heterocycles. The molecule has 2 rings (SSSR count). The van der Waals surface area contributed by atoms with Gasteiger partial charge in [-0.05, 0) is 5.56 Å². The van der Waals surface area contributed by atoms with Crippen LogP contribution < -0.4 is 0 Å². The van der Waals surface area contributed by atoms with Crippen LogP contribution in [0.25, 0.3) is 0 Å². The lowest BCUT2D eigenvalue weighted by atomic mass is 9.89. The van der Waals surface area contributed by atoms with Crippen LogP contribution in [0.15, 0.2) is 30.3 Å². The zero-order valence-electron chi connectivity index (χ0n) is 13.3. The second-order valence-electron chi connectivity index (χ2n) is 6.66. The Morgan fingerprint density at radius 3 is 2.41 bits per heavy atom. The molecule has 22 heavy (non-hydrogen) atoms. The molecule has 1 aromatic carbocycles. The van der Waals surface area contributed by atoms with E-state index in [2.05, 4.69) is 20.8 Å². The summed E-state index contributed by atoms with van der Waals surface area (Å²) in [6.07, 6.45) is 0. The van der Waals surface area contributed by atoms with Gasteiger partial charge in [0.1, 0.15) is 0 Å². The molecule has 2 unspecified atom stereocenters. The summed E-state index contributed by atoms with van der Waals surface area (Å²) in [5.41, 5.74) is 0.994. The van der Waals surface area contributed by atoms with Gasteiger partial charge < -0.3 is 10.0 Å². The normalized spacial score (nSPS) is 21.9. The van der Waals surface area contributed by atoms with Gasteiger partial charge in [-0.2, -0.15) is 0 Å². The topological polar surface area (TPSA) is 57.6 Å². The zero-order valence-corrected chi connectivity index (χ0v) is 14.1. The summed E-state index contributed by atoms with van der Waals surface area (Å²) >= 11 is 1.60. The van der Waals surface area contributed by atoms with E-state index in [9.17, 15) is 14.7 Å². The summed E-state index contributed by atoms with van der Waals surface area (Å²) in [6.45, 7) is 7.01. The van der Waals surface area contributed by atoms with Crippen LogP contribution in [0, 0.1) is 5.92 Å². The van der Waals surface area contributed by atoms with Crippen molar-refractivity contribution in [2.45, 2.75) is 31.4 Å². The maximum atomic E-state index is 12.3. The highest BCUT2D eigenvalue weighted by atomic mass is 32.2. The molecule has 1 heterocycles. The fourth-order valence-corrected chi connectivity index (χ4v) is 3.40. The second-order valence-corrected chi connectivity index (χ2v) is 8.46. The molecule has 120 valence electrons. The first kappa shape index (κ1) is 16.9. The van der Waals surface area contributed by atoms with E-state index in [0.717, 1.165) is 5.56 Å². The molecule has 0 saturated carbocycles. The lowest BCUT2D eigenvalue weighted by molar-refractivity contribution is -0.141. The molecule has 0 bridgehead atoms. The van der Waals surface area contributed by atoms with E-state index in [-0.39, 0.29) is 16.6 Å². The number of carboxylic acids is 1. The van der Waals surface area contributed by atoms with Crippen LogP contribution in [0.2, 0.25) is 0 Å². The number of carbonyl (C=O) groups excluding carboxylic acids is 1. The van der Waals surface area contributed by atoms with Crippen LogP contribution in [0.1, 0.15) is 32.3 Å². The molecule has 1 aliphatic rings. The van der Waals surface area contributed by atoms with Gasteiger partial charge in [0, 0.05) is 23.8 Å². The molecular weight excluding hydrogens is 298 g/mol. The molecule has 1 N–H and O–H groups in total. The third-order valence-corrected chi connectivity index (χ3v) is 5.10. The van der Waals surface area contributed by atoms with E-state index in [1.807, 2.05) is 30.3 Å². The minimum absolute atomic E-state index is 0.0282. The second kappa shape index (κ2) is 6.73. The summed E-state index contributed by atoms with van der Waals surface area (Å²) in [5, 5.41) is 9.46. The maximum Gasteiger partial charge on any atom is 0.308 e. The van der Waals surface area contributed by atoms with E-state index in [1.165, 1.54) is 0 Å². The van der Waals surface area contributed by atoms with Gasteiger partial charge in [0.05, 0.1) is 11.7 Å². The zero-order chi connectivity index (χ0) is 16.3. The molecular formula is C17H23NO3S. The Bertz CT molecular complexity index is 539. The third kappa shape index (κ3) is 4.26. The summed E-state index contributed by atoms with van der Waals surface area (Å²) in [5.74, 6) is -1.04. The van der Waals surface area contributed by atoms with Crippen LogP contribution in [-0.2, 0) is 9.59 Å². The van der Waals surface area contributed by atoms with Crippen molar-refractivity contribution in [2.75, 3.05) is 18.8 Å². The first-order valence-corrected chi connectivity index (χ1v) is 8.46. The number of hydrogen-bond acceptors (Lipinski definition) is 3. The van der Waals surface area contributed by atoms with Gasteiger partial charge in [0.2, 0.25) is 5.91 Å². The van der Waals surface area contributed by atoms with Gasteiger partial charge in [-0.1, -0.05) is 51.1 Å². The lowest BCUT2D eigenvalue weighted by Crippen LogP contribution is -2.32. The van der Waals surface area contributed by atoms with E-state index in [4.69, 9.17) is 0 Å². The SMILES string of the molecule is CC(C)(C)SCC(=O)N1CC(C(=O)O)C(c2ccccc2)C1. The molecule has 4 nitrogen and oxygen atoms in total. The van der Waals surface area contributed by atoms with Crippen molar-refractivity contribution < 1.29 is 14.7 Å². The molecule has 5 heteroatoms. The molecule has 1 aromatic rings. The van der Waals surface area contributed by atoms with Crippen molar-refractivity contribution in [1.82, 2.24) is 4.90 Å². The fraction of sp³-hybridized carbons (Fsp3) is 0.529. The van der Waals surface area contributed by atoms with Crippen molar-refractivity contribution in [3.8, 4) is 0 Å². The Kier molecular flexibility index (Phi) is 5.16. The number of amides is 1. The number of nitrogens with zero attached hydrogens (tertiary/aromatic N) is 1. The van der Waals surface area contributed by atoms with E-state index in [0.29, 0.717) is 18.8 Å². The van der Waals surface area contributed by atoms with Crippen LogP contribution in [-0.4, -0.2) is 45.5 Å². The molecule has 0 radical (unpaired) electrons. The minimum atomic E-state index is -0.826. The fourth-order valence-electron chi connectivity index (χ4n) is 2.67. The Morgan fingerprint density at radius 2 is 1.86 bits per heavy atom. The van der Waals surface area contributed by atoms with Crippen molar-refractivity contribution in [2.24, 2.45) is 5.92 Å². The first-order valence-electron chi connectivity index (χ1n) is 7.47. The Balaban J connectivity index is 2.08. The Labute approximate surface area is 135 Å². The van der Waals surface area contributed by atoms with Gasteiger partial charge in [-0.25, -0.2) is 0 Å². The summed E-state index contributed by atoms with van der Waals surface area (Å²) < 4.78 is 0.0282. The number of hydrogen-bond donors (Lipinski definition) is 1. The monoisotopic (exact) mass is 321 g/mol. The molecule has 0 spiro atoms. The smallest absolute Gasteiger partial charge is 0.308 e. The maximum absolute atomic E-state index is 12.3. The highest BCUT2D eigenvalue weighted by Crippen LogP contribution is 2.33. The van der Waals surface area contributed by atoms with Gasteiger partial charge in [0.15, 0.2) is 0 Å². The molecule has 1 amide bonds. The van der Waals surface area contributed by atoms with E-state index in [1.54, 1.807) is 16.7 Å². The van der Waals surface area contributed by atoms with Gasteiger partial charge >= 0.3 is 5.97 Å². The average Bonchev–Trinajstić information content (AvgIpc) is 2.90. The number of carboxylic acid groups (broad SMARTS) is 1. The minimum Gasteiger partial charge on any atom is -0.481 e. The predicted octanol–water partition coefficient (Wildman–Crippen LogP) is 2.84. The predicted molar refractivity (Wildman–Crippen MR) is 89.1 cm³/mol. The molecule has 1 fully saturated rings. The number of rotatable bonds is 4. The van der Waals surface area contributed by atoms with Crippen molar-refractivity contribution >= 4 is 23.6 Å². The first-order chi connectivity index (χ1) is 10.3. The van der Waals surface area contributed by atoms with Crippen LogP contribution >= 0.6 is 11.8 Å². The van der Waals surface area contributed by atoms with Gasteiger partial charge in [0.25, 0.3) is 0 Å². The van der Waals surface area contributed by atoms with Crippen molar-refractivity contribution in [3.63, 3.8) is 0 Å². The van der Waals surface area contributed by atoms with Crippen molar-refractivity contribution in [1.29, 1.82) is 0 Å². The van der Waals surface area contributed by atoms with Gasteiger partial charge in [-0.15, -0.1) is 11.8 Å². The largest absolute Gasteiger partial charge is 0.481 e. The van der Waals surface area contributed by atoms with Gasteiger partial charge in [-0.3, -0.25) is 9.59 Å². The number of aliphatic carboxylic acids is 1. The Morgan fingerprint density at radius 1 is 1.23 bits per heavy atom. The van der Waals surface area contributed by atoms with E-state index < -0.39 is 11.9 Å². The number of benzene rings is 1. The Hall–Kier alpha value is -1.49. The summed E-state index contributed by atoms with van der Waals surface area (Å²) in [6, 6.07) is 9.62. The van der Waals surface area contributed by atoms with E-state index >= 15 is 0 Å². The van der Waals surface area contributed by atoms with Crippen LogP contribution in [0.4, 0.5) is 0 Å². The molecule has 0 aliphatic carbocycles. The number of thioether (sulfide) groups is 1. The lowest BCUT2D eigenvalue weighted by Gasteiger charge is -2.21.